The number of aromatic nitrogens is 1. The maximum atomic E-state index is 13.1. The predicted molar refractivity (Wildman–Crippen MR) is 153 cm³/mol. The summed E-state index contributed by atoms with van der Waals surface area (Å²) in [5, 5.41) is 8.76. The van der Waals surface area contributed by atoms with Crippen molar-refractivity contribution in [1.29, 1.82) is 0 Å². The van der Waals surface area contributed by atoms with Crippen molar-refractivity contribution >= 4 is 29.0 Å². The molecule has 0 radical (unpaired) electrons. The molecular weight excluding hydrogens is 494 g/mol. The molecule has 3 N–H and O–H groups in total. The van der Waals surface area contributed by atoms with Gasteiger partial charge in [-0.3, -0.25) is 9.59 Å². The lowest BCUT2D eigenvalue weighted by Gasteiger charge is -2.44. The number of hydrogen-bond donors (Lipinski definition) is 3. The summed E-state index contributed by atoms with van der Waals surface area (Å²) in [5.41, 5.74) is 3.63. The van der Waals surface area contributed by atoms with Crippen LogP contribution in [-0.4, -0.2) is 42.7 Å². The van der Waals surface area contributed by atoms with Gasteiger partial charge >= 0.3 is 6.03 Å². The molecule has 1 aromatic heterocycles. The molecule has 9 nitrogen and oxygen atoms in total. The molecule has 39 heavy (non-hydrogen) atoms. The maximum Gasteiger partial charge on any atom is 0.323 e. The zero-order valence-electron chi connectivity index (χ0n) is 22.4. The van der Waals surface area contributed by atoms with E-state index in [1.807, 2.05) is 36.6 Å². The van der Waals surface area contributed by atoms with Crippen molar-refractivity contribution in [3.05, 3.63) is 82.3 Å². The molecule has 3 heterocycles. The summed E-state index contributed by atoms with van der Waals surface area (Å²) in [5.74, 6) is 1.08. The number of rotatable bonds is 8. The Labute approximate surface area is 228 Å². The van der Waals surface area contributed by atoms with Crippen molar-refractivity contribution in [3.63, 3.8) is 0 Å². The van der Waals surface area contributed by atoms with Gasteiger partial charge in [0.2, 0.25) is 0 Å². The highest BCUT2D eigenvalue weighted by Crippen LogP contribution is 2.39. The number of nitrogens with zero attached hydrogens (tertiary/aromatic N) is 2. The second kappa shape index (κ2) is 11.6. The van der Waals surface area contributed by atoms with Gasteiger partial charge in [0.25, 0.3) is 11.5 Å². The number of anilines is 3. The van der Waals surface area contributed by atoms with Crippen molar-refractivity contribution in [3.8, 4) is 5.75 Å². The van der Waals surface area contributed by atoms with Crippen LogP contribution in [0.25, 0.3) is 0 Å². The van der Waals surface area contributed by atoms with Crippen molar-refractivity contribution in [2.24, 2.45) is 5.92 Å². The summed E-state index contributed by atoms with van der Waals surface area (Å²) in [6.07, 6.45) is 1.86. The lowest BCUT2D eigenvalue weighted by atomic mass is 9.83. The first kappa shape index (κ1) is 26.3. The van der Waals surface area contributed by atoms with Crippen molar-refractivity contribution in [1.82, 2.24) is 9.88 Å². The number of hydrogen-bond acceptors (Lipinski definition) is 5. The van der Waals surface area contributed by atoms with Crippen molar-refractivity contribution < 1.29 is 14.3 Å². The Morgan fingerprint density at radius 2 is 1.79 bits per heavy atom. The molecule has 2 aliphatic rings. The van der Waals surface area contributed by atoms with Gasteiger partial charge in [-0.05, 0) is 74.2 Å². The summed E-state index contributed by atoms with van der Waals surface area (Å²) in [6.45, 7) is 7.22. The fourth-order valence-electron chi connectivity index (χ4n) is 5.57. The molecule has 0 saturated carbocycles. The lowest BCUT2D eigenvalue weighted by Crippen LogP contribution is -2.47. The van der Waals surface area contributed by atoms with Gasteiger partial charge in [0, 0.05) is 55.1 Å². The standard InChI is InChI=1S/C30H35N5O4/c1-3-14-31-29(37)21-8-13-27(25(16-21)33-30(38)32-23-9-11-24(12-10-23)39-4-2)34-17-20-15-22(19-34)26-6-5-7-28(36)35(26)18-20/h5-13,16,20,22H,3-4,14-15,17-19H2,1-2H3,(H,31,37)(H2,32,33,38). The molecular formula is C30H35N5O4. The summed E-state index contributed by atoms with van der Waals surface area (Å²) in [6, 6.07) is 17.7. The molecule has 1 saturated heterocycles. The molecule has 2 atom stereocenters. The molecule has 2 aromatic carbocycles. The quantitative estimate of drug-likeness (QED) is 0.394. The van der Waals surface area contributed by atoms with E-state index in [4.69, 9.17) is 4.74 Å². The van der Waals surface area contributed by atoms with E-state index in [0.717, 1.165) is 43.1 Å². The summed E-state index contributed by atoms with van der Waals surface area (Å²) in [4.78, 5) is 40.5. The molecule has 3 aromatic rings. The van der Waals surface area contributed by atoms with Crippen LogP contribution < -0.4 is 31.1 Å². The normalized spacial score (nSPS) is 17.6. The van der Waals surface area contributed by atoms with Gasteiger partial charge in [-0.15, -0.1) is 0 Å². The molecule has 3 amide bonds. The SMILES string of the molecule is CCCNC(=O)c1ccc(N2CC3CC(C2)c2cccc(=O)n2C3)c(NC(=O)Nc2ccc(OCC)cc2)c1. The number of pyridine rings is 1. The van der Waals surface area contributed by atoms with Crippen LogP contribution in [0.3, 0.4) is 0 Å². The minimum Gasteiger partial charge on any atom is -0.494 e. The number of benzene rings is 2. The summed E-state index contributed by atoms with van der Waals surface area (Å²) < 4.78 is 7.38. The van der Waals surface area contributed by atoms with E-state index in [-0.39, 0.29) is 17.4 Å². The number of fused-ring (bicyclic) bond motifs is 4. The summed E-state index contributed by atoms with van der Waals surface area (Å²) in [7, 11) is 0. The monoisotopic (exact) mass is 529 g/mol. The number of carbonyl (C=O) groups is 2. The van der Waals surface area contributed by atoms with E-state index >= 15 is 0 Å². The van der Waals surface area contributed by atoms with Gasteiger partial charge in [-0.1, -0.05) is 13.0 Å². The van der Waals surface area contributed by atoms with Gasteiger partial charge in [0.1, 0.15) is 5.75 Å². The van der Waals surface area contributed by atoms with Crippen molar-refractivity contribution in [2.75, 3.05) is 41.8 Å². The van der Waals surface area contributed by atoms with E-state index < -0.39 is 6.03 Å². The summed E-state index contributed by atoms with van der Waals surface area (Å²) >= 11 is 0. The maximum absolute atomic E-state index is 13.1. The number of urea groups is 1. The lowest BCUT2D eigenvalue weighted by molar-refractivity contribution is 0.0953. The molecule has 1 fully saturated rings. The van der Waals surface area contributed by atoms with Gasteiger partial charge in [-0.25, -0.2) is 4.79 Å². The fourth-order valence-corrected chi connectivity index (χ4v) is 5.57. The zero-order chi connectivity index (χ0) is 27.4. The van der Waals surface area contributed by atoms with Crippen LogP contribution in [-0.2, 0) is 6.54 Å². The first-order chi connectivity index (χ1) is 18.9. The molecule has 2 unspecified atom stereocenters. The van der Waals surface area contributed by atoms with Gasteiger partial charge in [0.15, 0.2) is 0 Å². The number of nitrogens with one attached hydrogen (secondary N) is 3. The fraction of sp³-hybridized carbons (Fsp3) is 0.367. The number of carbonyl (C=O) groups excluding carboxylic acids is 2. The number of ether oxygens (including phenoxy) is 1. The minimum atomic E-state index is -0.402. The first-order valence-electron chi connectivity index (χ1n) is 13.6. The Hall–Kier alpha value is -4.27. The largest absolute Gasteiger partial charge is 0.494 e. The Balaban J connectivity index is 1.40. The molecule has 2 bridgehead atoms. The zero-order valence-corrected chi connectivity index (χ0v) is 22.4. The van der Waals surface area contributed by atoms with Gasteiger partial charge in [-0.2, -0.15) is 0 Å². The third kappa shape index (κ3) is 5.92. The topological polar surface area (TPSA) is 105 Å². The number of piperidine rings is 1. The average molecular weight is 530 g/mol. The highest BCUT2D eigenvalue weighted by atomic mass is 16.5. The predicted octanol–water partition coefficient (Wildman–Crippen LogP) is 4.65. The van der Waals surface area contributed by atoms with Crippen LogP contribution in [0.1, 0.15) is 48.7 Å². The van der Waals surface area contributed by atoms with Gasteiger partial charge in [0.05, 0.1) is 18.0 Å². The number of amides is 3. The van der Waals surface area contributed by atoms with Crippen LogP contribution in [0.4, 0.5) is 21.9 Å². The molecule has 0 spiro atoms. The van der Waals surface area contributed by atoms with Crippen LogP contribution in [0.15, 0.2) is 65.5 Å². The van der Waals surface area contributed by atoms with Crippen LogP contribution in [0.2, 0.25) is 0 Å². The molecule has 204 valence electrons. The molecule has 5 rings (SSSR count). The van der Waals surface area contributed by atoms with E-state index in [2.05, 4.69) is 20.9 Å². The average Bonchev–Trinajstić information content (AvgIpc) is 2.93. The Morgan fingerprint density at radius 1 is 0.974 bits per heavy atom. The van der Waals surface area contributed by atoms with E-state index in [1.165, 1.54) is 0 Å². The molecule has 0 aliphatic carbocycles. The van der Waals surface area contributed by atoms with E-state index in [0.29, 0.717) is 42.6 Å². The molecule has 2 aliphatic heterocycles. The van der Waals surface area contributed by atoms with Crippen LogP contribution in [0, 0.1) is 5.92 Å². The minimum absolute atomic E-state index is 0.0476. The van der Waals surface area contributed by atoms with E-state index in [1.54, 1.807) is 42.5 Å². The molecule has 9 heteroatoms. The Morgan fingerprint density at radius 3 is 2.56 bits per heavy atom. The second-order valence-electron chi connectivity index (χ2n) is 10.1. The smallest absolute Gasteiger partial charge is 0.323 e. The van der Waals surface area contributed by atoms with Crippen LogP contribution >= 0.6 is 0 Å². The first-order valence-corrected chi connectivity index (χ1v) is 13.6. The highest BCUT2D eigenvalue weighted by Gasteiger charge is 2.35. The third-order valence-electron chi connectivity index (χ3n) is 7.29. The van der Waals surface area contributed by atoms with Crippen molar-refractivity contribution in [2.45, 2.75) is 39.2 Å². The van der Waals surface area contributed by atoms with Gasteiger partial charge < -0.3 is 30.2 Å². The Bertz CT molecular complexity index is 1400. The van der Waals surface area contributed by atoms with E-state index in [9.17, 15) is 14.4 Å². The van der Waals surface area contributed by atoms with Crippen LogP contribution in [0.5, 0.6) is 5.75 Å². The second-order valence-corrected chi connectivity index (χ2v) is 10.1. The Kier molecular flexibility index (Phi) is 7.86. The highest BCUT2D eigenvalue weighted by molar-refractivity contribution is 6.04. The third-order valence-corrected chi connectivity index (χ3v) is 7.29.